The number of likely N-dealkylation sites (N-methyl/N-ethyl adjacent to an activating group) is 1. The lowest BCUT2D eigenvalue weighted by Crippen LogP contribution is -2.54. The van der Waals surface area contributed by atoms with E-state index in [1.54, 1.807) is 18.9 Å². The molecule has 2 N–H and O–H groups in total. The fraction of sp³-hybridized carbons (Fsp3) is 0.474. The van der Waals surface area contributed by atoms with Gasteiger partial charge in [-0.3, -0.25) is 4.79 Å². The third-order valence-electron chi connectivity index (χ3n) is 5.20. The minimum absolute atomic E-state index is 0.0385. The maximum absolute atomic E-state index is 12.5. The summed E-state index contributed by atoms with van der Waals surface area (Å²) < 4.78 is 0. The molecule has 0 saturated carbocycles. The van der Waals surface area contributed by atoms with Crippen LogP contribution in [-0.2, 0) is 11.3 Å². The zero-order chi connectivity index (χ0) is 18.8. The zero-order valence-electron chi connectivity index (χ0n) is 15.4. The molecule has 1 aliphatic rings. The quantitative estimate of drug-likeness (QED) is 0.862. The van der Waals surface area contributed by atoms with E-state index in [0.29, 0.717) is 18.1 Å². The van der Waals surface area contributed by atoms with Gasteiger partial charge in [-0.2, -0.15) is 0 Å². The molecule has 2 aromatic rings. The van der Waals surface area contributed by atoms with Crippen LogP contribution in [0.15, 0.2) is 24.3 Å². The van der Waals surface area contributed by atoms with Crippen LogP contribution in [0.5, 0.6) is 0 Å². The Morgan fingerprint density at radius 2 is 2.12 bits per heavy atom. The van der Waals surface area contributed by atoms with Crippen LogP contribution in [0, 0.1) is 0 Å². The number of aromatic amines is 1. The van der Waals surface area contributed by atoms with Crippen LogP contribution in [0.3, 0.4) is 0 Å². The monoisotopic (exact) mass is 376 g/mol. The van der Waals surface area contributed by atoms with E-state index in [1.165, 1.54) is 0 Å². The van der Waals surface area contributed by atoms with Gasteiger partial charge in [-0.1, -0.05) is 11.6 Å². The molecule has 0 bridgehead atoms. The predicted octanol–water partition coefficient (Wildman–Crippen LogP) is 3.36. The van der Waals surface area contributed by atoms with Crippen molar-refractivity contribution in [1.82, 2.24) is 20.1 Å². The number of halogens is 1. The van der Waals surface area contributed by atoms with Crippen LogP contribution in [0.25, 0.3) is 10.9 Å². The minimum atomic E-state index is -0.134. The third kappa shape index (κ3) is 3.96. The number of amides is 3. The van der Waals surface area contributed by atoms with E-state index in [9.17, 15) is 9.59 Å². The summed E-state index contributed by atoms with van der Waals surface area (Å²) in [7, 11) is 1.79. The summed E-state index contributed by atoms with van der Waals surface area (Å²) in [5, 5.41) is 4.66. The standard InChI is InChI=1S/C19H25ClN4O2/c1-12-4-6-17(11-24(12)13(2)25)23(3)19(26)21-10-16-9-14-8-15(20)5-7-18(14)22-16/h5,7-9,12,17,22H,4,6,10-11H2,1-3H3,(H,21,26)/t12-,17+/m1/s1. The average Bonchev–Trinajstić information content (AvgIpc) is 3.01. The second-order valence-corrected chi connectivity index (χ2v) is 7.48. The van der Waals surface area contributed by atoms with Crippen molar-refractivity contribution in [2.45, 2.75) is 45.3 Å². The van der Waals surface area contributed by atoms with Crippen molar-refractivity contribution in [2.75, 3.05) is 13.6 Å². The van der Waals surface area contributed by atoms with Crippen molar-refractivity contribution < 1.29 is 9.59 Å². The summed E-state index contributed by atoms with van der Waals surface area (Å²) in [5.74, 6) is 0.0627. The third-order valence-corrected chi connectivity index (χ3v) is 5.43. The molecular formula is C19H25ClN4O2. The Hall–Kier alpha value is -2.21. The smallest absolute Gasteiger partial charge is 0.317 e. The van der Waals surface area contributed by atoms with Crippen molar-refractivity contribution in [3.63, 3.8) is 0 Å². The first-order valence-corrected chi connectivity index (χ1v) is 9.28. The molecule has 3 amide bonds. The summed E-state index contributed by atoms with van der Waals surface area (Å²) >= 11 is 6.01. The van der Waals surface area contributed by atoms with Crippen LogP contribution < -0.4 is 5.32 Å². The number of piperidine rings is 1. The highest BCUT2D eigenvalue weighted by Crippen LogP contribution is 2.21. The first-order chi connectivity index (χ1) is 12.3. The fourth-order valence-corrected chi connectivity index (χ4v) is 3.74. The topological polar surface area (TPSA) is 68.4 Å². The number of nitrogens with one attached hydrogen (secondary N) is 2. The molecule has 2 atom stereocenters. The van der Waals surface area contributed by atoms with E-state index >= 15 is 0 Å². The van der Waals surface area contributed by atoms with Crippen molar-refractivity contribution in [2.24, 2.45) is 0 Å². The van der Waals surface area contributed by atoms with Gasteiger partial charge in [-0.25, -0.2) is 4.79 Å². The second-order valence-electron chi connectivity index (χ2n) is 7.05. The first-order valence-electron chi connectivity index (χ1n) is 8.90. The van der Waals surface area contributed by atoms with Gasteiger partial charge in [0.2, 0.25) is 5.91 Å². The molecular weight excluding hydrogens is 352 g/mol. The minimum Gasteiger partial charge on any atom is -0.357 e. The SMILES string of the molecule is CC(=O)N1C[C@@H](N(C)C(=O)NCc2cc3cc(Cl)ccc3[nH]2)CC[C@H]1C. The molecule has 140 valence electrons. The molecule has 1 aliphatic heterocycles. The lowest BCUT2D eigenvalue weighted by Gasteiger charge is -2.41. The van der Waals surface area contributed by atoms with Gasteiger partial charge in [0.15, 0.2) is 0 Å². The molecule has 0 aliphatic carbocycles. The van der Waals surface area contributed by atoms with Crippen LogP contribution in [0.4, 0.5) is 4.79 Å². The maximum Gasteiger partial charge on any atom is 0.317 e. The van der Waals surface area contributed by atoms with Gasteiger partial charge in [0.25, 0.3) is 0 Å². The van der Waals surface area contributed by atoms with E-state index in [-0.39, 0.29) is 24.0 Å². The number of aromatic nitrogens is 1. The molecule has 3 rings (SSSR count). The van der Waals surface area contributed by atoms with Crippen LogP contribution in [0.2, 0.25) is 5.02 Å². The van der Waals surface area contributed by atoms with Crippen LogP contribution in [0.1, 0.15) is 32.4 Å². The molecule has 26 heavy (non-hydrogen) atoms. The number of hydrogen-bond donors (Lipinski definition) is 2. The summed E-state index contributed by atoms with van der Waals surface area (Å²) in [6.45, 7) is 4.64. The van der Waals surface area contributed by atoms with Gasteiger partial charge >= 0.3 is 6.03 Å². The van der Waals surface area contributed by atoms with Gasteiger partial charge < -0.3 is 20.1 Å². The number of hydrogen-bond acceptors (Lipinski definition) is 2. The van der Waals surface area contributed by atoms with E-state index in [2.05, 4.69) is 17.2 Å². The van der Waals surface area contributed by atoms with E-state index < -0.39 is 0 Å². The van der Waals surface area contributed by atoms with Gasteiger partial charge in [0.05, 0.1) is 12.6 Å². The molecule has 2 heterocycles. The highest BCUT2D eigenvalue weighted by Gasteiger charge is 2.31. The number of carbonyl (C=O) groups is 2. The molecule has 1 saturated heterocycles. The molecule has 0 spiro atoms. The Morgan fingerprint density at radius 3 is 2.85 bits per heavy atom. The Labute approximate surface area is 158 Å². The number of rotatable bonds is 3. The Bertz CT molecular complexity index is 819. The number of carbonyl (C=O) groups excluding carboxylic acids is 2. The number of urea groups is 1. The summed E-state index contributed by atoms with van der Waals surface area (Å²) in [4.78, 5) is 31.1. The number of benzene rings is 1. The Kier molecular flexibility index (Phi) is 5.41. The number of likely N-dealkylation sites (tertiary alicyclic amines) is 1. The summed E-state index contributed by atoms with van der Waals surface area (Å²) in [6.07, 6.45) is 1.81. The van der Waals surface area contributed by atoms with Gasteiger partial charge in [0, 0.05) is 48.2 Å². The normalized spacial score (nSPS) is 20.2. The predicted molar refractivity (Wildman–Crippen MR) is 103 cm³/mol. The Morgan fingerprint density at radius 1 is 1.35 bits per heavy atom. The van der Waals surface area contributed by atoms with Crippen molar-refractivity contribution in [1.29, 1.82) is 0 Å². The van der Waals surface area contributed by atoms with Gasteiger partial charge in [-0.05, 0) is 44.0 Å². The van der Waals surface area contributed by atoms with Crippen molar-refractivity contribution >= 4 is 34.4 Å². The van der Waals surface area contributed by atoms with Crippen molar-refractivity contribution in [3.8, 4) is 0 Å². The Balaban J connectivity index is 1.59. The van der Waals surface area contributed by atoms with E-state index in [1.807, 2.05) is 29.2 Å². The number of H-pyrrole nitrogens is 1. The molecule has 7 heteroatoms. The van der Waals surface area contributed by atoms with Gasteiger partial charge in [-0.15, -0.1) is 0 Å². The van der Waals surface area contributed by atoms with Crippen molar-refractivity contribution in [3.05, 3.63) is 35.0 Å². The first kappa shape index (κ1) is 18.6. The number of fused-ring (bicyclic) bond motifs is 1. The fourth-order valence-electron chi connectivity index (χ4n) is 3.56. The van der Waals surface area contributed by atoms with E-state index in [0.717, 1.165) is 29.4 Å². The average molecular weight is 377 g/mol. The molecule has 1 fully saturated rings. The zero-order valence-corrected chi connectivity index (χ0v) is 16.1. The summed E-state index contributed by atoms with van der Waals surface area (Å²) in [5.41, 5.74) is 1.91. The van der Waals surface area contributed by atoms with E-state index in [4.69, 9.17) is 11.6 Å². The lowest BCUT2D eigenvalue weighted by atomic mass is 9.98. The number of nitrogens with zero attached hydrogens (tertiary/aromatic N) is 2. The molecule has 0 radical (unpaired) electrons. The molecule has 1 aromatic carbocycles. The second kappa shape index (κ2) is 7.58. The molecule has 1 aromatic heterocycles. The largest absolute Gasteiger partial charge is 0.357 e. The van der Waals surface area contributed by atoms with Crippen LogP contribution in [-0.4, -0.2) is 52.4 Å². The highest BCUT2D eigenvalue weighted by atomic mass is 35.5. The van der Waals surface area contributed by atoms with Gasteiger partial charge in [0.1, 0.15) is 0 Å². The molecule has 0 unspecified atom stereocenters. The van der Waals surface area contributed by atoms with Crippen LogP contribution >= 0.6 is 11.6 Å². The highest BCUT2D eigenvalue weighted by molar-refractivity contribution is 6.31. The maximum atomic E-state index is 12.5. The lowest BCUT2D eigenvalue weighted by molar-refractivity contribution is -0.133. The molecule has 6 nitrogen and oxygen atoms in total. The summed E-state index contributed by atoms with van der Waals surface area (Å²) in [6, 6.07) is 7.78.